The molecule has 1 fully saturated rings. The van der Waals surface area contributed by atoms with Gasteiger partial charge in [-0.25, -0.2) is 4.68 Å². The smallest absolute Gasteiger partial charge is 0.254 e. The van der Waals surface area contributed by atoms with Crippen LogP contribution in [-0.2, 0) is 4.79 Å². The number of anilines is 1. The van der Waals surface area contributed by atoms with E-state index in [1.165, 1.54) is 12.2 Å². The van der Waals surface area contributed by atoms with Crippen LogP contribution in [0.3, 0.4) is 0 Å². The van der Waals surface area contributed by atoms with Crippen molar-refractivity contribution in [2.75, 3.05) is 25.4 Å². The number of aliphatic hydroxyl groups is 1. The molecule has 1 aliphatic rings. The Balaban J connectivity index is 1.59. The number of rotatable bonds is 7. The second-order valence-corrected chi connectivity index (χ2v) is 8.60. The van der Waals surface area contributed by atoms with Gasteiger partial charge in [0.1, 0.15) is 28.6 Å². The lowest BCUT2D eigenvalue weighted by atomic mass is 10.1. The lowest BCUT2D eigenvalue weighted by Crippen LogP contribution is -2.40. The van der Waals surface area contributed by atoms with Crippen LogP contribution in [0.2, 0.25) is 5.02 Å². The first-order valence-electron chi connectivity index (χ1n) is 11.2. The highest BCUT2D eigenvalue weighted by Gasteiger charge is 2.29. The maximum Gasteiger partial charge on any atom is 0.254 e. The molecule has 0 aliphatic carbocycles. The quantitative estimate of drug-likeness (QED) is 0.430. The van der Waals surface area contributed by atoms with Crippen LogP contribution < -0.4 is 16.2 Å². The molecule has 0 saturated carbocycles. The van der Waals surface area contributed by atoms with Crippen LogP contribution >= 0.6 is 11.6 Å². The molecular weight excluding hydrogens is 470 g/mol. The number of amides is 2. The Bertz CT molecular complexity index is 1240. The summed E-state index contributed by atoms with van der Waals surface area (Å²) in [6, 6.07) is 13.9. The van der Waals surface area contributed by atoms with Crippen LogP contribution in [0.5, 0.6) is 11.5 Å². The zero-order valence-electron chi connectivity index (χ0n) is 18.9. The van der Waals surface area contributed by atoms with Crippen molar-refractivity contribution in [3.8, 4) is 22.8 Å². The van der Waals surface area contributed by atoms with Crippen LogP contribution in [0, 0.1) is 0 Å². The maximum atomic E-state index is 12.4. The number of ether oxygens (including phenoxy) is 1. The Morgan fingerprint density at radius 3 is 2.43 bits per heavy atom. The lowest BCUT2D eigenvalue weighted by Gasteiger charge is -2.32. The predicted octanol–water partition coefficient (Wildman–Crippen LogP) is 3.39. The number of hydrogen-bond acceptors (Lipinski definition) is 6. The van der Waals surface area contributed by atoms with Crippen LogP contribution in [0.25, 0.3) is 11.3 Å². The molecule has 0 spiro atoms. The van der Waals surface area contributed by atoms with Gasteiger partial charge >= 0.3 is 0 Å². The van der Waals surface area contributed by atoms with E-state index in [0.29, 0.717) is 40.9 Å². The minimum Gasteiger partial charge on any atom is -0.457 e. The predicted molar refractivity (Wildman–Crippen MR) is 133 cm³/mol. The van der Waals surface area contributed by atoms with E-state index in [2.05, 4.69) is 5.10 Å². The summed E-state index contributed by atoms with van der Waals surface area (Å²) < 4.78 is 7.42. The van der Waals surface area contributed by atoms with E-state index in [1.807, 2.05) is 0 Å². The highest BCUT2D eigenvalue weighted by atomic mass is 35.5. The minimum atomic E-state index is -0.681. The summed E-state index contributed by atoms with van der Waals surface area (Å²) in [4.78, 5) is 26.3. The molecular formula is C25H26ClN5O4. The topological polar surface area (TPSA) is 137 Å². The summed E-state index contributed by atoms with van der Waals surface area (Å²) in [5.41, 5.74) is 13.2. The highest BCUT2D eigenvalue weighted by Crippen LogP contribution is 2.33. The van der Waals surface area contributed by atoms with Crippen molar-refractivity contribution in [2.45, 2.75) is 18.9 Å². The molecule has 1 saturated heterocycles. The second kappa shape index (κ2) is 10.6. The molecule has 1 aliphatic heterocycles. The van der Waals surface area contributed by atoms with Crippen LogP contribution in [0.4, 0.5) is 5.82 Å². The fourth-order valence-electron chi connectivity index (χ4n) is 4.10. The van der Waals surface area contributed by atoms with Gasteiger partial charge in [0.2, 0.25) is 5.91 Å². The van der Waals surface area contributed by atoms with Gasteiger partial charge in [0.25, 0.3) is 5.91 Å². The highest BCUT2D eigenvalue weighted by molar-refractivity contribution is 6.30. The first-order chi connectivity index (χ1) is 16.9. The van der Waals surface area contributed by atoms with Gasteiger partial charge in [-0.05, 0) is 61.4 Å². The molecule has 182 valence electrons. The third-order valence-corrected chi connectivity index (χ3v) is 6.04. The van der Waals surface area contributed by atoms with Gasteiger partial charge < -0.3 is 26.2 Å². The van der Waals surface area contributed by atoms with Gasteiger partial charge in [0.15, 0.2) is 0 Å². The zero-order chi connectivity index (χ0) is 24.9. The van der Waals surface area contributed by atoms with Crippen molar-refractivity contribution in [1.29, 1.82) is 0 Å². The van der Waals surface area contributed by atoms with E-state index in [1.54, 1.807) is 58.1 Å². The molecule has 2 aromatic carbocycles. The zero-order valence-corrected chi connectivity index (χ0v) is 19.7. The summed E-state index contributed by atoms with van der Waals surface area (Å²) >= 11 is 5.91. The molecule has 1 atom stereocenters. The fraction of sp³-hybridized carbons (Fsp3) is 0.240. The molecule has 10 heteroatoms. The monoisotopic (exact) mass is 495 g/mol. The molecule has 1 unspecified atom stereocenters. The number of aromatic nitrogens is 2. The van der Waals surface area contributed by atoms with E-state index >= 15 is 0 Å². The molecule has 2 amide bonds. The number of hydrogen-bond donors (Lipinski definition) is 3. The fourth-order valence-corrected chi connectivity index (χ4v) is 4.23. The maximum absolute atomic E-state index is 12.4. The summed E-state index contributed by atoms with van der Waals surface area (Å²) in [5.74, 6) is 0.528. The summed E-state index contributed by atoms with van der Waals surface area (Å²) in [7, 11) is 0. The molecule has 9 nitrogen and oxygen atoms in total. The van der Waals surface area contributed by atoms with E-state index in [-0.39, 0.29) is 29.9 Å². The van der Waals surface area contributed by atoms with E-state index in [4.69, 9.17) is 32.9 Å². The second-order valence-electron chi connectivity index (χ2n) is 8.16. The standard InChI is InChI=1S/C25H26ClN5O4/c26-17-7-11-20(12-8-17)35-19-9-5-16(6-10-19)23-22(25(28)34)24(27)31(29-23)18-3-1-13-30(15-18)21(33)4-2-14-32/h2,4-12,18,32H,1,3,13-15,27H2,(H2,28,34)/b4-2+. The Morgan fingerprint density at radius 1 is 1.14 bits per heavy atom. The van der Waals surface area contributed by atoms with Crippen LogP contribution in [0.15, 0.2) is 60.7 Å². The first-order valence-corrected chi connectivity index (χ1v) is 11.5. The number of halogens is 1. The molecule has 0 radical (unpaired) electrons. The number of piperidine rings is 1. The first kappa shape index (κ1) is 24.3. The third-order valence-electron chi connectivity index (χ3n) is 5.79. The Labute approximate surface area is 207 Å². The van der Waals surface area contributed by atoms with Gasteiger partial charge in [-0.3, -0.25) is 9.59 Å². The number of carbonyl (C=O) groups is 2. The van der Waals surface area contributed by atoms with E-state index < -0.39 is 5.91 Å². The van der Waals surface area contributed by atoms with Gasteiger partial charge in [0, 0.05) is 29.8 Å². The third kappa shape index (κ3) is 5.47. The van der Waals surface area contributed by atoms with Gasteiger partial charge in [-0.1, -0.05) is 17.7 Å². The number of primary amides is 1. The molecule has 4 rings (SSSR count). The molecule has 0 bridgehead atoms. The largest absolute Gasteiger partial charge is 0.457 e. The Kier molecular flexibility index (Phi) is 7.38. The summed E-state index contributed by atoms with van der Waals surface area (Å²) in [6.07, 6.45) is 4.24. The number of nitrogen functional groups attached to an aromatic ring is 1. The lowest BCUT2D eigenvalue weighted by molar-refractivity contribution is -0.127. The number of nitrogens with zero attached hydrogens (tertiary/aromatic N) is 3. The van der Waals surface area contributed by atoms with Gasteiger partial charge in [0.05, 0.1) is 12.6 Å². The molecule has 3 aromatic rings. The molecule has 5 N–H and O–H groups in total. The minimum absolute atomic E-state index is 0.139. The average Bonchev–Trinajstić information content (AvgIpc) is 3.21. The number of aliphatic hydroxyl groups excluding tert-OH is 1. The van der Waals surface area contributed by atoms with Crippen LogP contribution in [0.1, 0.15) is 29.2 Å². The molecule has 1 aromatic heterocycles. The van der Waals surface area contributed by atoms with Crippen molar-refractivity contribution in [1.82, 2.24) is 14.7 Å². The SMILES string of the molecule is NC(=O)c1c(-c2ccc(Oc3ccc(Cl)cc3)cc2)nn(C2CCCN(C(=O)/C=C/CO)C2)c1N. The molecule has 2 heterocycles. The summed E-state index contributed by atoms with van der Waals surface area (Å²) in [6.45, 7) is 0.771. The van der Waals surface area contributed by atoms with Crippen LogP contribution in [-0.4, -0.2) is 51.3 Å². The average molecular weight is 496 g/mol. The Hall–Kier alpha value is -3.82. The van der Waals surface area contributed by atoms with Gasteiger partial charge in [-0.15, -0.1) is 0 Å². The van der Waals surface area contributed by atoms with E-state index in [0.717, 1.165) is 12.8 Å². The number of carbonyl (C=O) groups excluding carboxylic acids is 2. The Morgan fingerprint density at radius 2 is 1.80 bits per heavy atom. The van der Waals surface area contributed by atoms with Crippen molar-refractivity contribution in [3.63, 3.8) is 0 Å². The normalized spacial score (nSPS) is 15.9. The van der Waals surface area contributed by atoms with E-state index in [9.17, 15) is 9.59 Å². The molecule has 35 heavy (non-hydrogen) atoms. The van der Waals surface area contributed by atoms with Crippen molar-refractivity contribution >= 4 is 29.2 Å². The van der Waals surface area contributed by atoms with Crippen molar-refractivity contribution < 1.29 is 19.4 Å². The van der Waals surface area contributed by atoms with Crippen molar-refractivity contribution in [2.24, 2.45) is 5.73 Å². The summed E-state index contributed by atoms with van der Waals surface area (Å²) in [5, 5.41) is 14.2. The number of nitrogens with two attached hydrogens (primary N) is 2. The van der Waals surface area contributed by atoms with Crippen molar-refractivity contribution in [3.05, 3.63) is 71.3 Å². The van der Waals surface area contributed by atoms with Gasteiger partial charge in [-0.2, -0.15) is 5.10 Å². The number of likely N-dealkylation sites (tertiary alicyclic amines) is 1. The number of benzene rings is 2.